The number of benzene rings is 1. The van der Waals surface area contributed by atoms with Gasteiger partial charge in [-0.05, 0) is 12.5 Å². The van der Waals surface area contributed by atoms with Gasteiger partial charge in [0.2, 0.25) is 0 Å². The molecule has 0 fully saturated rings. The zero-order valence-corrected chi connectivity index (χ0v) is 9.04. The lowest BCUT2D eigenvalue weighted by Gasteiger charge is -2.18. The van der Waals surface area contributed by atoms with Gasteiger partial charge in [0.1, 0.15) is 4.87 Å². The van der Waals surface area contributed by atoms with Gasteiger partial charge in [-0.1, -0.05) is 30.3 Å². The van der Waals surface area contributed by atoms with Crippen molar-refractivity contribution in [3.8, 4) is 0 Å². The maximum atomic E-state index is 11.3. The Labute approximate surface area is 88.8 Å². The van der Waals surface area contributed by atoms with Crippen LogP contribution < -0.4 is 0 Å². The van der Waals surface area contributed by atoms with Gasteiger partial charge >= 0.3 is 5.97 Å². The smallest absolute Gasteiger partial charge is 0.326 e. The van der Waals surface area contributed by atoms with E-state index in [1.54, 1.807) is 6.92 Å². The van der Waals surface area contributed by atoms with Crippen LogP contribution in [0.2, 0.25) is 0 Å². The van der Waals surface area contributed by atoms with Gasteiger partial charge < -0.3 is 4.74 Å². The standard InChI is InChI=1S/C11H13ClO2/c1-11(12,10(13)14-2)8-9-6-4-3-5-7-9/h3-7H,8H2,1-2H3/t11-/m0/s1. The van der Waals surface area contributed by atoms with E-state index in [1.807, 2.05) is 30.3 Å². The third-order valence-corrected chi connectivity index (χ3v) is 2.28. The van der Waals surface area contributed by atoms with E-state index in [0.29, 0.717) is 6.42 Å². The molecular weight excluding hydrogens is 200 g/mol. The highest BCUT2D eigenvalue weighted by molar-refractivity contribution is 6.33. The monoisotopic (exact) mass is 212 g/mol. The Morgan fingerprint density at radius 1 is 1.43 bits per heavy atom. The highest BCUT2D eigenvalue weighted by Crippen LogP contribution is 2.21. The Morgan fingerprint density at radius 2 is 2.00 bits per heavy atom. The Morgan fingerprint density at radius 3 is 2.50 bits per heavy atom. The first-order valence-electron chi connectivity index (χ1n) is 4.37. The molecule has 1 rings (SSSR count). The fraction of sp³-hybridized carbons (Fsp3) is 0.364. The van der Waals surface area contributed by atoms with Gasteiger partial charge in [0, 0.05) is 6.42 Å². The minimum absolute atomic E-state index is 0.400. The summed E-state index contributed by atoms with van der Waals surface area (Å²) in [5.41, 5.74) is 1.02. The van der Waals surface area contributed by atoms with Gasteiger partial charge in [-0.25, -0.2) is 0 Å². The quantitative estimate of drug-likeness (QED) is 0.568. The molecule has 0 saturated carbocycles. The number of halogens is 1. The number of alkyl halides is 1. The van der Waals surface area contributed by atoms with Gasteiger partial charge in [-0.2, -0.15) is 0 Å². The van der Waals surface area contributed by atoms with Gasteiger partial charge in [0.15, 0.2) is 0 Å². The van der Waals surface area contributed by atoms with Crippen molar-refractivity contribution < 1.29 is 9.53 Å². The first kappa shape index (κ1) is 11.1. The predicted octanol–water partition coefficient (Wildman–Crippen LogP) is 2.40. The fourth-order valence-electron chi connectivity index (χ4n) is 1.26. The second kappa shape index (κ2) is 4.47. The molecule has 1 aromatic carbocycles. The van der Waals surface area contributed by atoms with Crippen molar-refractivity contribution in [1.29, 1.82) is 0 Å². The molecule has 0 amide bonds. The number of carbonyl (C=O) groups is 1. The van der Waals surface area contributed by atoms with Crippen LogP contribution in [0.4, 0.5) is 0 Å². The van der Waals surface area contributed by atoms with Crippen molar-refractivity contribution >= 4 is 17.6 Å². The molecule has 0 N–H and O–H groups in total. The zero-order chi connectivity index (χ0) is 10.6. The van der Waals surface area contributed by atoms with E-state index in [4.69, 9.17) is 11.6 Å². The number of esters is 1. The Balaban J connectivity index is 2.73. The molecule has 0 aliphatic heterocycles. The molecule has 0 radical (unpaired) electrons. The number of methoxy groups -OCH3 is 1. The Kier molecular flexibility index (Phi) is 3.53. The lowest BCUT2D eigenvalue weighted by molar-refractivity contribution is -0.143. The highest BCUT2D eigenvalue weighted by Gasteiger charge is 2.31. The van der Waals surface area contributed by atoms with Crippen LogP contribution >= 0.6 is 11.6 Å². The summed E-state index contributed by atoms with van der Waals surface area (Å²) >= 11 is 6.05. The maximum Gasteiger partial charge on any atom is 0.326 e. The van der Waals surface area contributed by atoms with Crippen LogP contribution in [-0.4, -0.2) is 18.0 Å². The number of hydrogen-bond donors (Lipinski definition) is 0. The molecule has 0 aromatic heterocycles. The summed E-state index contributed by atoms with van der Waals surface area (Å²) < 4.78 is 4.62. The molecule has 0 bridgehead atoms. The summed E-state index contributed by atoms with van der Waals surface area (Å²) in [5, 5.41) is 0. The number of rotatable bonds is 3. The summed E-state index contributed by atoms with van der Waals surface area (Å²) in [7, 11) is 1.34. The van der Waals surface area contributed by atoms with Crippen LogP contribution in [0.3, 0.4) is 0 Å². The van der Waals surface area contributed by atoms with Crippen molar-refractivity contribution in [3.63, 3.8) is 0 Å². The Bertz CT molecular complexity index is 306. The van der Waals surface area contributed by atoms with Crippen molar-refractivity contribution in [2.45, 2.75) is 18.2 Å². The van der Waals surface area contributed by atoms with E-state index < -0.39 is 10.8 Å². The van der Waals surface area contributed by atoms with E-state index in [-0.39, 0.29) is 0 Å². The molecule has 76 valence electrons. The molecule has 3 heteroatoms. The van der Waals surface area contributed by atoms with Crippen molar-refractivity contribution in [2.24, 2.45) is 0 Å². The average molecular weight is 213 g/mol. The number of ether oxygens (including phenoxy) is 1. The second-order valence-electron chi connectivity index (χ2n) is 3.35. The van der Waals surface area contributed by atoms with E-state index in [2.05, 4.69) is 4.74 Å². The van der Waals surface area contributed by atoms with Crippen LogP contribution in [0.25, 0.3) is 0 Å². The topological polar surface area (TPSA) is 26.3 Å². The third-order valence-electron chi connectivity index (χ3n) is 1.99. The molecule has 1 atom stereocenters. The second-order valence-corrected chi connectivity index (χ2v) is 4.19. The van der Waals surface area contributed by atoms with Gasteiger partial charge in [-0.3, -0.25) is 4.79 Å². The summed E-state index contributed by atoms with van der Waals surface area (Å²) in [4.78, 5) is 10.3. The molecule has 14 heavy (non-hydrogen) atoms. The summed E-state index contributed by atoms with van der Waals surface area (Å²) in [5.74, 6) is -0.400. The normalized spacial score (nSPS) is 14.5. The fourth-order valence-corrected chi connectivity index (χ4v) is 1.50. The van der Waals surface area contributed by atoms with E-state index in [0.717, 1.165) is 5.56 Å². The van der Waals surface area contributed by atoms with Gasteiger partial charge in [-0.15, -0.1) is 11.6 Å². The van der Waals surface area contributed by atoms with Gasteiger partial charge in [0.25, 0.3) is 0 Å². The van der Waals surface area contributed by atoms with Crippen LogP contribution in [-0.2, 0) is 16.0 Å². The van der Waals surface area contributed by atoms with E-state index in [9.17, 15) is 4.79 Å². The van der Waals surface area contributed by atoms with E-state index in [1.165, 1.54) is 7.11 Å². The van der Waals surface area contributed by atoms with Crippen molar-refractivity contribution in [2.75, 3.05) is 7.11 Å². The Hall–Kier alpha value is -1.02. The van der Waals surface area contributed by atoms with Crippen molar-refractivity contribution in [3.05, 3.63) is 35.9 Å². The number of carbonyl (C=O) groups excluding carboxylic acids is 1. The third kappa shape index (κ3) is 2.74. The zero-order valence-electron chi connectivity index (χ0n) is 8.29. The first-order chi connectivity index (χ1) is 6.56. The lowest BCUT2D eigenvalue weighted by atomic mass is 10.0. The predicted molar refractivity (Wildman–Crippen MR) is 56.4 cm³/mol. The summed E-state index contributed by atoms with van der Waals surface area (Å²) in [6.07, 6.45) is 0.474. The molecule has 1 aromatic rings. The van der Waals surface area contributed by atoms with Crippen LogP contribution in [0.1, 0.15) is 12.5 Å². The van der Waals surface area contributed by atoms with Crippen LogP contribution in [0.15, 0.2) is 30.3 Å². The minimum atomic E-state index is -0.976. The minimum Gasteiger partial charge on any atom is -0.468 e. The van der Waals surface area contributed by atoms with Crippen molar-refractivity contribution in [1.82, 2.24) is 0 Å². The molecule has 0 aliphatic rings. The molecule has 0 aliphatic carbocycles. The SMILES string of the molecule is COC(=O)[C@@](C)(Cl)Cc1ccccc1. The molecular formula is C11H13ClO2. The maximum absolute atomic E-state index is 11.3. The molecule has 0 spiro atoms. The van der Waals surface area contributed by atoms with Crippen LogP contribution in [0, 0.1) is 0 Å². The van der Waals surface area contributed by atoms with Crippen LogP contribution in [0.5, 0.6) is 0 Å². The highest BCUT2D eigenvalue weighted by atomic mass is 35.5. The van der Waals surface area contributed by atoms with E-state index >= 15 is 0 Å². The summed E-state index contributed by atoms with van der Waals surface area (Å²) in [6.45, 7) is 1.66. The molecule has 2 nitrogen and oxygen atoms in total. The number of hydrogen-bond acceptors (Lipinski definition) is 2. The largest absolute Gasteiger partial charge is 0.468 e. The van der Waals surface area contributed by atoms with Gasteiger partial charge in [0.05, 0.1) is 7.11 Å². The molecule has 0 heterocycles. The average Bonchev–Trinajstić information content (AvgIpc) is 2.17. The molecule has 0 saturated heterocycles. The first-order valence-corrected chi connectivity index (χ1v) is 4.75. The lowest BCUT2D eigenvalue weighted by Crippen LogP contribution is -2.32. The molecule has 0 unspecified atom stereocenters. The summed E-state index contributed by atoms with van der Waals surface area (Å²) in [6, 6.07) is 9.62.